The van der Waals surface area contributed by atoms with E-state index in [2.05, 4.69) is 23.2 Å². The molecule has 0 aliphatic carbocycles. The first-order chi connectivity index (χ1) is 22.7. The van der Waals surface area contributed by atoms with Crippen molar-refractivity contribution in [2.45, 2.75) is 44.2 Å². The van der Waals surface area contributed by atoms with E-state index in [1.54, 1.807) is 16.8 Å². The Hall–Kier alpha value is -4.54. The lowest BCUT2D eigenvalue weighted by atomic mass is 9.79. The van der Waals surface area contributed by atoms with Crippen LogP contribution in [-0.4, -0.2) is 72.6 Å². The van der Waals surface area contributed by atoms with Crippen LogP contribution in [0.2, 0.25) is 0 Å². The Kier molecular flexibility index (Phi) is 8.32. The van der Waals surface area contributed by atoms with Gasteiger partial charge in [-0.25, -0.2) is 4.98 Å². The molecule has 3 aromatic heterocycles. The molecule has 1 N–H and O–H groups in total. The summed E-state index contributed by atoms with van der Waals surface area (Å²) in [5, 5.41) is 12.0. The number of rotatable bonds is 6. The molecule has 47 heavy (non-hydrogen) atoms. The number of aliphatic hydroxyl groups is 1. The monoisotopic (exact) mass is 649 g/mol. The van der Waals surface area contributed by atoms with Gasteiger partial charge in [-0.05, 0) is 55.0 Å². The highest BCUT2D eigenvalue weighted by Crippen LogP contribution is 2.38. The van der Waals surface area contributed by atoms with Gasteiger partial charge in [-0.3, -0.25) is 19.0 Å². The Morgan fingerprint density at radius 2 is 1.68 bits per heavy atom. The van der Waals surface area contributed by atoms with Crippen LogP contribution in [0.3, 0.4) is 0 Å². The fraction of sp³-hybridized carbons (Fsp3) is 0.351. The average molecular weight is 650 g/mol. The standard InChI is InChI=1S/C37H39N5O4S/c1-25-21-31(27-11-7-4-8-12-27)47-32(25)36(45)41-18-14-28(30(22-41)26-9-5-3-6-10-26)34(43)40-19-15-37(46,16-20-40)23-42-24-38-33-29(35(42)44)13-17-39(33)2/h3-13,17,21,24,28,30,46H,14-16,18-20,22-23H2,1-2H3/t28-,30+/m1/s1. The number of fused-ring (bicyclic) bond motifs is 1. The minimum absolute atomic E-state index is 0.0166. The van der Waals surface area contributed by atoms with Crippen molar-refractivity contribution in [1.29, 1.82) is 0 Å². The second-order valence-corrected chi connectivity index (χ2v) is 14.1. The molecule has 2 saturated heterocycles. The van der Waals surface area contributed by atoms with Crippen LogP contribution in [0, 0.1) is 12.8 Å². The minimum atomic E-state index is -1.11. The van der Waals surface area contributed by atoms with Gasteiger partial charge in [0.25, 0.3) is 11.5 Å². The molecule has 2 aliphatic rings. The van der Waals surface area contributed by atoms with E-state index in [1.807, 2.05) is 72.3 Å². The second-order valence-electron chi connectivity index (χ2n) is 13.0. The van der Waals surface area contributed by atoms with Crippen LogP contribution in [0.15, 0.2) is 90.1 Å². The Morgan fingerprint density at radius 1 is 0.979 bits per heavy atom. The summed E-state index contributed by atoms with van der Waals surface area (Å²) in [6.45, 7) is 3.91. The molecular weight excluding hydrogens is 611 g/mol. The van der Waals surface area contributed by atoms with Gasteiger partial charge in [-0.1, -0.05) is 60.7 Å². The van der Waals surface area contributed by atoms with Gasteiger partial charge < -0.3 is 19.5 Å². The van der Waals surface area contributed by atoms with Crippen LogP contribution in [0.5, 0.6) is 0 Å². The van der Waals surface area contributed by atoms with Gasteiger partial charge in [0, 0.05) is 56.1 Å². The van der Waals surface area contributed by atoms with E-state index in [4.69, 9.17) is 0 Å². The maximum atomic E-state index is 14.1. The van der Waals surface area contributed by atoms with Crippen molar-refractivity contribution < 1.29 is 14.7 Å². The number of benzene rings is 2. The zero-order chi connectivity index (χ0) is 32.7. The summed E-state index contributed by atoms with van der Waals surface area (Å²) in [5.74, 6) is -0.332. The molecule has 2 amide bonds. The van der Waals surface area contributed by atoms with E-state index in [9.17, 15) is 19.5 Å². The fourth-order valence-corrected chi connectivity index (χ4v) is 8.34. The summed E-state index contributed by atoms with van der Waals surface area (Å²) in [7, 11) is 1.84. The smallest absolute Gasteiger partial charge is 0.264 e. The van der Waals surface area contributed by atoms with Crippen LogP contribution in [0.4, 0.5) is 0 Å². The lowest BCUT2D eigenvalue weighted by molar-refractivity contribution is -0.142. The summed E-state index contributed by atoms with van der Waals surface area (Å²) in [6, 6.07) is 24.0. The van der Waals surface area contributed by atoms with Gasteiger partial charge in [0.2, 0.25) is 5.91 Å². The molecule has 242 valence electrons. The van der Waals surface area contributed by atoms with Crippen molar-refractivity contribution in [2.24, 2.45) is 13.0 Å². The van der Waals surface area contributed by atoms with Gasteiger partial charge in [0.1, 0.15) is 12.0 Å². The number of likely N-dealkylation sites (tertiary alicyclic amines) is 2. The largest absolute Gasteiger partial charge is 0.388 e. The lowest BCUT2D eigenvalue weighted by Crippen LogP contribution is -2.53. The van der Waals surface area contributed by atoms with Gasteiger partial charge in [-0.15, -0.1) is 11.3 Å². The Balaban J connectivity index is 1.05. The molecule has 5 heterocycles. The van der Waals surface area contributed by atoms with Crippen LogP contribution in [0.25, 0.3) is 21.5 Å². The normalized spacial score (nSPS) is 19.6. The summed E-state index contributed by atoms with van der Waals surface area (Å²) >= 11 is 1.53. The summed E-state index contributed by atoms with van der Waals surface area (Å²) < 4.78 is 3.28. The first-order valence-electron chi connectivity index (χ1n) is 16.2. The highest BCUT2D eigenvalue weighted by Gasteiger charge is 2.42. The highest BCUT2D eigenvalue weighted by atomic mass is 32.1. The summed E-state index contributed by atoms with van der Waals surface area (Å²) in [4.78, 5) is 51.2. The highest BCUT2D eigenvalue weighted by molar-refractivity contribution is 7.17. The molecule has 5 aromatic rings. The topological polar surface area (TPSA) is 101 Å². The third kappa shape index (κ3) is 6.03. The van der Waals surface area contributed by atoms with Gasteiger partial charge in [-0.2, -0.15) is 0 Å². The second kappa shape index (κ2) is 12.6. The number of thiophene rings is 1. The predicted octanol–water partition coefficient (Wildman–Crippen LogP) is 5.07. The molecule has 0 bridgehead atoms. The van der Waals surface area contributed by atoms with Crippen LogP contribution < -0.4 is 5.56 Å². The van der Waals surface area contributed by atoms with Crippen LogP contribution >= 0.6 is 11.3 Å². The van der Waals surface area contributed by atoms with Gasteiger partial charge in [0.15, 0.2) is 0 Å². The zero-order valence-electron chi connectivity index (χ0n) is 26.7. The third-order valence-electron chi connectivity index (χ3n) is 9.94. The number of hydrogen-bond acceptors (Lipinski definition) is 6. The number of aromatic nitrogens is 3. The lowest BCUT2D eigenvalue weighted by Gasteiger charge is -2.43. The van der Waals surface area contributed by atoms with Gasteiger partial charge >= 0.3 is 0 Å². The molecule has 9 nitrogen and oxygen atoms in total. The molecule has 0 unspecified atom stereocenters. The number of amides is 2. The number of aryl methyl sites for hydroxylation is 2. The van der Waals surface area contributed by atoms with E-state index in [0.717, 1.165) is 26.4 Å². The van der Waals surface area contributed by atoms with E-state index in [0.29, 0.717) is 56.5 Å². The molecule has 2 fully saturated rings. The van der Waals surface area contributed by atoms with Crippen molar-refractivity contribution in [3.8, 4) is 10.4 Å². The molecule has 7 rings (SSSR count). The van der Waals surface area contributed by atoms with E-state index in [1.165, 1.54) is 22.2 Å². The first kappa shape index (κ1) is 31.1. The Bertz CT molecular complexity index is 1970. The van der Waals surface area contributed by atoms with Crippen LogP contribution in [0.1, 0.15) is 46.0 Å². The molecule has 0 spiro atoms. The molecule has 2 aromatic carbocycles. The number of hydrogen-bond donors (Lipinski definition) is 1. The van der Waals surface area contributed by atoms with Crippen molar-refractivity contribution >= 4 is 34.2 Å². The van der Waals surface area contributed by atoms with Crippen molar-refractivity contribution in [2.75, 3.05) is 26.2 Å². The first-order valence-corrected chi connectivity index (χ1v) is 17.0. The van der Waals surface area contributed by atoms with E-state index < -0.39 is 5.60 Å². The predicted molar refractivity (Wildman–Crippen MR) is 183 cm³/mol. The summed E-state index contributed by atoms with van der Waals surface area (Å²) in [5.41, 5.74) is 2.44. The quantitative estimate of drug-likeness (QED) is 0.277. The SMILES string of the molecule is Cc1cc(-c2ccccc2)sc1C(=O)N1CC[C@@H](C(=O)N2CCC(O)(Cn3cnc4c(ccn4C)c3=O)CC2)[C@H](c2ccccc2)C1. The van der Waals surface area contributed by atoms with Crippen molar-refractivity contribution in [3.63, 3.8) is 0 Å². The van der Waals surface area contributed by atoms with Gasteiger partial charge in [0.05, 0.1) is 22.4 Å². The molecule has 2 aliphatic heterocycles. The van der Waals surface area contributed by atoms with E-state index >= 15 is 0 Å². The molecule has 0 radical (unpaired) electrons. The molecule has 0 saturated carbocycles. The molecule has 2 atom stereocenters. The molecular formula is C37H39N5O4S. The van der Waals surface area contributed by atoms with Crippen molar-refractivity contribution in [1.82, 2.24) is 23.9 Å². The fourth-order valence-electron chi connectivity index (χ4n) is 7.20. The molecule has 10 heteroatoms. The van der Waals surface area contributed by atoms with Crippen molar-refractivity contribution in [3.05, 3.63) is 112 Å². The maximum Gasteiger partial charge on any atom is 0.264 e. The number of nitrogens with zero attached hydrogens (tertiary/aromatic N) is 5. The number of carbonyl (C=O) groups is 2. The average Bonchev–Trinajstić information content (AvgIpc) is 3.68. The number of carbonyl (C=O) groups excluding carboxylic acids is 2. The number of piperidine rings is 2. The Labute approximate surface area is 277 Å². The van der Waals surface area contributed by atoms with E-state index in [-0.39, 0.29) is 35.8 Å². The zero-order valence-corrected chi connectivity index (χ0v) is 27.5. The summed E-state index contributed by atoms with van der Waals surface area (Å²) in [6.07, 6.45) is 4.61. The Morgan fingerprint density at radius 3 is 2.40 bits per heavy atom. The third-order valence-corrected chi connectivity index (χ3v) is 11.2. The van der Waals surface area contributed by atoms with Crippen LogP contribution in [-0.2, 0) is 18.4 Å². The minimum Gasteiger partial charge on any atom is -0.388 e. The maximum absolute atomic E-state index is 14.1.